The Kier molecular flexibility index (Phi) is 9.04. The summed E-state index contributed by atoms with van der Waals surface area (Å²) in [7, 11) is 1.89. The molecule has 168 valence electrons. The number of nitrogens with zero attached hydrogens (tertiary/aromatic N) is 2. The number of aromatic nitrogens is 2. The van der Waals surface area contributed by atoms with E-state index in [2.05, 4.69) is 37.1 Å². The summed E-state index contributed by atoms with van der Waals surface area (Å²) in [4.78, 5) is 4.39. The third-order valence-corrected chi connectivity index (χ3v) is 5.16. The fourth-order valence-corrected chi connectivity index (χ4v) is 3.59. The van der Waals surface area contributed by atoms with Crippen LogP contribution in [0.3, 0.4) is 0 Å². The van der Waals surface area contributed by atoms with Crippen LogP contribution in [-0.2, 0) is 7.05 Å². The highest BCUT2D eigenvalue weighted by Gasteiger charge is 2.20. The molecule has 0 spiro atoms. The second-order valence-electron chi connectivity index (χ2n) is 7.93. The average Bonchev–Trinajstić information content (AvgIpc) is 3.12. The van der Waals surface area contributed by atoms with Gasteiger partial charge in [0.25, 0.3) is 0 Å². The number of ether oxygens (including phenoxy) is 1. The normalized spacial score (nSPS) is 13.0. The number of rotatable bonds is 9. The lowest BCUT2D eigenvalue weighted by Crippen LogP contribution is -2.35. The van der Waals surface area contributed by atoms with E-state index in [4.69, 9.17) is 4.74 Å². The molecule has 0 radical (unpaired) electrons. The van der Waals surface area contributed by atoms with Gasteiger partial charge in [-0.25, -0.2) is 9.37 Å². The molecule has 0 saturated heterocycles. The van der Waals surface area contributed by atoms with Crippen LogP contribution in [0.5, 0.6) is 5.75 Å². The molecular weight excluding hydrogens is 417 g/mol. The second kappa shape index (κ2) is 11.3. The van der Waals surface area contributed by atoms with Crippen LogP contribution in [0, 0.1) is 12.7 Å². The highest BCUT2D eigenvalue weighted by atomic mass is 35.5. The lowest BCUT2D eigenvalue weighted by atomic mass is 9.98. The number of nitrogens with one attached hydrogen (secondary N) is 1. The van der Waals surface area contributed by atoms with E-state index in [-0.39, 0.29) is 37.4 Å². The molecule has 3 aromatic rings. The minimum absolute atomic E-state index is 0. The number of aliphatic hydroxyl groups excluding tert-OH is 1. The van der Waals surface area contributed by atoms with Crippen molar-refractivity contribution < 1.29 is 14.2 Å². The van der Waals surface area contributed by atoms with Gasteiger partial charge in [0.2, 0.25) is 0 Å². The highest BCUT2D eigenvalue weighted by Crippen LogP contribution is 2.24. The predicted octanol–water partition coefficient (Wildman–Crippen LogP) is 4.53. The molecule has 0 aliphatic heterocycles. The Labute approximate surface area is 189 Å². The minimum Gasteiger partial charge on any atom is -0.491 e. The summed E-state index contributed by atoms with van der Waals surface area (Å²) in [6.45, 7) is 6.82. The third kappa shape index (κ3) is 6.53. The second-order valence-corrected chi connectivity index (χ2v) is 7.93. The number of aliphatic hydroxyl groups is 1. The van der Waals surface area contributed by atoms with E-state index in [1.807, 2.05) is 36.0 Å². The molecule has 2 N–H and O–H groups in total. The highest BCUT2D eigenvalue weighted by molar-refractivity contribution is 5.85. The maximum Gasteiger partial charge on any atom is 0.130 e. The van der Waals surface area contributed by atoms with Gasteiger partial charge in [0, 0.05) is 26.0 Å². The molecule has 3 rings (SSSR count). The van der Waals surface area contributed by atoms with Crippen molar-refractivity contribution in [3.05, 3.63) is 83.2 Å². The Balaban J connectivity index is 0.00000341. The Morgan fingerprint density at radius 2 is 1.97 bits per heavy atom. The summed E-state index contributed by atoms with van der Waals surface area (Å²) in [6.07, 6.45) is 2.81. The van der Waals surface area contributed by atoms with Gasteiger partial charge in [-0.3, -0.25) is 0 Å². The van der Waals surface area contributed by atoms with Crippen LogP contribution in [0.15, 0.2) is 54.9 Å². The molecule has 0 amide bonds. The third-order valence-electron chi connectivity index (χ3n) is 5.16. The summed E-state index contributed by atoms with van der Waals surface area (Å²) in [5.41, 5.74) is 3.21. The van der Waals surface area contributed by atoms with Crippen molar-refractivity contribution in [1.82, 2.24) is 14.9 Å². The molecule has 2 atom stereocenters. The zero-order valence-corrected chi connectivity index (χ0v) is 19.2. The van der Waals surface area contributed by atoms with Gasteiger partial charge in [-0.2, -0.15) is 0 Å². The molecule has 0 aliphatic carbocycles. The number of hydrogen-bond acceptors (Lipinski definition) is 4. The lowest BCUT2D eigenvalue weighted by molar-refractivity contribution is 0.104. The van der Waals surface area contributed by atoms with E-state index in [1.165, 1.54) is 23.3 Å². The molecular formula is C24H31ClFN3O2. The summed E-state index contributed by atoms with van der Waals surface area (Å²) < 4.78 is 21.4. The molecule has 0 saturated carbocycles. The Bertz CT molecular complexity index is 977. The molecule has 0 fully saturated rings. The maximum atomic E-state index is 13.8. The van der Waals surface area contributed by atoms with Crippen molar-refractivity contribution in [2.24, 2.45) is 7.05 Å². The molecule has 0 bridgehead atoms. The summed E-state index contributed by atoms with van der Waals surface area (Å²) in [6, 6.07) is 12.1. The monoisotopic (exact) mass is 447 g/mol. The number of benzene rings is 2. The summed E-state index contributed by atoms with van der Waals surface area (Å²) in [5.74, 6) is 1.63. The molecule has 1 heterocycles. The average molecular weight is 448 g/mol. The zero-order valence-electron chi connectivity index (χ0n) is 18.4. The smallest absolute Gasteiger partial charge is 0.130 e. The van der Waals surface area contributed by atoms with Gasteiger partial charge in [0.15, 0.2) is 0 Å². The van der Waals surface area contributed by atoms with Gasteiger partial charge in [-0.15, -0.1) is 12.4 Å². The van der Waals surface area contributed by atoms with E-state index in [0.717, 1.165) is 17.1 Å². The number of halogens is 2. The van der Waals surface area contributed by atoms with Crippen molar-refractivity contribution in [1.29, 1.82) is 0 Å². The van der Waals surface area contributed by atoms with E-state index in [1.54, 1.807) is 12.3 Å². The van der Waals surface area contributed by atoms with Crippen LogP contribution < -0.4 is 10.1 Å². The fraction of sp³-hybridized carbons (Fsp3) is 0.375. The largest absolute Gasteiger partial charge is 0.491 e. The first-order valence-corrected chi connectivity index (χ1v) is 10.2. The van der Waals surface area contributed by atoms with E-state index in [9.17, 15) is 9.50 Å². The first-order chi connectivity index (χ1) is 14.3. The molecule has 31 heavy (non-hydrogen) atoms. The lowest BCUT2D eigenvalue weighted by Gasteiger charge is -2.21. The van der Waals surface area contributed by atoms with Crippen LogP contribution in [-0.4, -0.2) is 33.9 Å². The van der Waals surface area contributed by atoms with Crippen molar-refractivity contribution in [2.75, 3.05) is 13.2 Å². The quantitative estimate of drug-likeness (QED) is 0.506. The van der Waals surface area contributed by atoms with Gasteiger partial charge in [-0.1, -0.05) is 32.0 Å². The van der Waals surface area contributed by atoms with Crippen LogP contribution in [0.4, 0.5) is 4.39 Å². The van der Waals surface area contributed by atoms with Crippen molar-refractivity contribution >= 4 is 12.4 Å². The van der Waals surface area contributed by atoms with Gasteiger partial charge < -0.3 is 19.7 Å². The summed E-state index contributed by atoms with van der Waals surface area (Å²) >= 11 is 0. The van der Waals surface area contributed by atoms with E-state index < -0.39 is 6.10 Å². The van der Waals surface area contributed by atoms with Gasteiger partial charge in [0.1, 0.15) is 30.1 Å². The van der Waals surface area contributed by atoms with Crippen LogP contribution in [0.2, 0.25) is 0 Å². The van der Waals surface area contributed by atoms with Gasteiger partial charge in [-0.05, 0) is 53.8 Å². The first-order valence-electron chi connectivity index (χ1n) is 10.2. The molecule has 2 aromatic carbocycles. The van der Waals surface area contributed by atoms with Crippen molar-refractivity contribution in [3.8, 4) is 5.75 Å². The molecule has 1 aromatic heterocycles. The molecule has 7 heteroatoms. The standard InChI is InChI=1S/C24H30FN3O2.ClH/c1-16(2)22-9-8-21(12-17(22)3)30-15-20(29)14-27-23(24-26-10-11-28(24)4)18-6-5-7-19(25)13-18;/h5-13,16,20,23,27,29H,14-15H2,1-4H3;1H. The SMILES string of the molecule is Cc1cc(OCC(O)CNC(c2cccc(F)c2)c2nccn2C)ccc1C(C)C.Cl. The topological polar surface area (TPSA) is 59.3 Å². The number of aryl methyl sites for hydroxylation is 2. The molecule has 2 unspecified atom stereocenters. The molecule has 0 aliphatic rings. The maximum absolute atomic E-state index is 13.8. The van der Waals surface area contributed by atoms with Crippen LogP contribution in [0.25, 0.3) is 0 Å². The number of hydrogen-bond donors (Lipinski definition) is 2. The Morgan fingerprint density at radius 1 is 1.19 bits per heavy atom. The fourth-order valence-electron chi connectivity index (χ4n) is 3.59. The number of imidazole rings is 1. The van der Waals surface area contributed by atoms with E-state index in [0.29, 0.717) is 5.92 Å². The Hall–Kier alpha value is -2.41. The van der Waals surface area contributed by atoms with Crippen LogP contribution >= 0.6 is 12.4 Å². The molecule has 5 nitrogen and oxygen atoms in total. The minimum atomic E-state index is -0.730. The Morgan fingerprint density at radius 3 is 2.58 bits per heavy atom. The van der Waals surface area contributed by atoms with Crippen LogP contribution in [0.1, 0.15) is 48.3 Å². The van der Waals surface area contributed by atoms with E-state index >= 15 is 0 Å². The van der Waals surface area contributed by atoms with Crippen molar-refractivity contribution in [2.45, 2.75) is 38.8 Å². The zero-order chi connectivity index (χ0) is 21.7. The van der Waals surface area contributed by atoms with Gasteiger partial charge >= 0.3 is 0 Å². The van der Waals surface area contributed by atoms with Crippen molar-refractivity contribution in [3.63, 3.8) is 0 Å². The first kappa shape index (κ1) is 24.9. The predicted molar refractivity (Wildman–Crippen MR) is 123 cm³/mol. The van der Waals surface area contributed by atoms with Gasteiger partial charge in [0.05, 0.1) is 6.04 Å². The summed E-state index contributed by atoms with van der Waals surface area (Å²) in [5, 5.41) is 13.7.